The predicted octanol–water partition coefficient (Wildman–Crippen LogP) is 4.19. The summed E-state index contributed by atoms with van der Waals surface area (Å²) in [4.78, 5) is 12.3. The molecule has 0 aliphatic heterocycles. The highest BCUT2D eigenvalue weighted by atomic mass is 16.5. The molecule has 0 aliphatic carbocycles. The lowest BCUT2D eigenvalue weighted by Gasteiger charge is -2.18. The number of nitrogens with one attached hydrogen (secondary N) is 1. The number of hydrogen-bond acceptors (Lipinski definition) is 4. The van der Waals surface area contributed by atoms with Crippen LogP contribution in [-0.4, -0.2) is 17.6 Å². The Balaban J connectivity index is 1.59. The molecule has 0 radical (unpaired) electrons. The molecule has 0 bridgehead atoms. The lowest BCUT2D eigenvalue weighted by atomic mass is 9.86. The molecule has 0 saturated heterocycles. The highest BCUT2D eigenvalue weighted by molar-refractivity contribution is 5.93. The molecule has 0 unspecified atom stereocenters. The van der Waals surface area contributed by atoms with Crippen molar-refractivity contribution < 1.29 is 9.32 Å². The van der Waals surface area contributed by atoms with Crippen molar-refractivity contribution in [2.75, 3.05) is 12.3 Å². The third kappa shape index (κ3) is 4.76. The highest BCUT2D eigenvalue weighted by Crippen LogP contribution is 2.26. The Kier molecular flexibility index (Phi) is 5.31. The summed E-state index contributed by atoms with van der Waals surface area (Å²) < 4.78 is 5.35. The molecule has 0 aliphatic rings. The van der Waals surface area contributed by atoms with Crippen LogP contribution in [0.2, 0.25) is 0 Å². The Hall–Kier alpha value is -3.08. The molecule has 3 rings (SSSR count). The minimum Gasteiger partial charge on any atom is -0.399 e. The van der Waals surface area contributed by atoms with E-state index in [0.29, 0.717) is 12.3 Å². The number of carbonyl (C=O) groups excluding carboxylic acids is 1. The van der Waals surface area contributed by atoms with Crippen LogP contribution < -0.4 is 11.1 Å². The number of aromatic nitrogens is 1. The number of amides is 1. The molecule has 0 atom stereocenters. The van der Waals surface area contributed by atoms with Gasteiger partial charge in [0.1, 0.15) is 0 Å². The molecule has 140 valence electrons. The fraction of sp³-hybridized carbons (Fsp3) is 0.273. The van der Waals surface area contributed by atoms with E-state index in [1.54, 1.807) is 6.07 Å². The fourth-order valence-electron chi connectivity index (χ4n) is 2.75. The standard InChI is InChI=1S/C22H25N3O2/c1-22(2,3)17-8-6-16(7-9-17)20-14-19(25-27-20)21(26)24-13-12-15-4-10-18(23)11-5-15/h4-11,14H,12-13,23H2,1-3H3,(H,24,26). The van der Waals surface area contributed by atoms with Crippen molar-refractivity contribution in [1.29, 1.82) is 0 Å². The van der Waals surface area contributed by atoms with E-state index in [0.717, 1.165) is 23.2 Å². The van der Waals surface area contributed by atoms with Gasteiger partial charge in [-0.25, -0.2) is 0 Å². The average molecular weight is 363 g/mol. The van der Waals surface area contributed by atoms with E-state index in [2.05, 4.69) is 43.4 Å². The molecule has 0 fully saturated rings. The average Bonchev–Trinajstić information content (AvgIpc) is 3.13. The fourth-order valence-corrected chi connectivity index (χ4v) is 2.75. The van der Waals surface area contributed by atoms with Crippen LogP contribution in [0.1, 0.15) is 42.4 Å². The monoisotopic (exact) mass is 363 g/mol. The molecule has 3 aromatic rings. The summed E-state index contributed by atoms with van der Waals surface area (Å²) in [7, 11) is 0. The van der Waals surface area contributed by atoms with Crippen molar-refractivity contribution in [3.63, 3.8) is 0 Å². The van der Waals surface area contributed by atoms with Gasteiger partial charge in [-0.05, 0) is 35.1 Å². The minimum atomic E-state index is -0.244. The number of nitrogen functional groups attached to an aromatic ring is 1. The summed E-state index contributed by atoms with van der Waals surface area (Å²) in [5.74, 6) is 0.339. The van der Waals surface area contributed by atoms with Gasteiger partial charge in [0.2, 0.25) is 0 Å². The van der Waals surface area contributed by atoms with Crippen LogP contribution in [0.5, 0.6) is 0 Å². The maximum atomic E-state index is 12.3. The molecule has 27 heavy (non-hydrogen) atoms. The molecule has 0 spiro atoms. The highest BCUT2D eigenvalue weighted by Gasteiger charge is 2.16. The summed E-state index contributed by atoms with van der Waals surface area (Å²) in [5.41, 5.74) is 10.0. The Morgan fingerprint density at radius 1 is 1.07 bits per heavy atom. The van der Waals surface area contributed by atoms with E-state index < -0.39 is 0 Å². The second kappa shape index (κ2) is 7.66. The third-order valence-electron chi connectivity index (χ3n) is 4.46. The van der Waals surface area contributed by atoms with E-state index in [1.165, 1.54) is 5.56 Å². The van der Waals surface area contributed by atoms with Crippen LogP contribution in [0.15, 0.2) is 59.1 Å². The van der Waals surface area contributed by atoms with E-state index in [9.17, 15) is 4.79 Å². The summed E-state index contributed by atoms with van der Waals surface area (Å²) in [6.45, 7) is 7.03. The van der Waals surface area contributed by atoms with E-state index in [4.69, 9.17) is 10.3 Å². The quantitative estimate of drug-likeness (QED) is 0.666. The first-order valence-electron chi connectivity index (χ1n) is 9.03. The van der Waals surface area contributed by atoms with Gasteiger partial charge in [-0.15, -0.1) is 0 Å². The molecule has 1 heterocycles. The van der Waals surface area contributed by atoms with Crippen LogP contribution in [0.25, 0.3) is 11.3 Å². The van der Waals surface area contributed by atoms with E-state index >= 15 is 0 Å². The van der Waals surface area contributed by atoms with Crippen molar-refractivity contribution in [2.45, 2.75) is 32.6 Å². The zero-order valence-electron chi connectivity index (χ0n) is 16.0. The normalized spacial score (nSPS) is 11.4. The van der Waals surface area contributed by atoms with Crippen LogP contribution in [0, 0.1) is 0 Å². The van der Waals surface area contributed by atoms with Crippen molar-refractivity contribution >= 4 is 11.6 Å². The molecule has 1 aromatic heterocycles. The van der Waals surface area contributed by atoms with Crippen LogP contribution in [0.3, 0.4) is 0 Å². The zero-order chi connectivity index (χ0) is 19.4. The third-order valence-corrected chi connectivity index (χ3v) is 4.46. The van der Waals surface area contributed by atoms with Gasteiger partial charge in [0.15, 0.2) is 11.5 Å². The minimum absolute atomic E-state index is 0.0927. The largest absolute Gasteiger partial charge is 0.399 e. The maximum Gasteiger partial charge on any atom is 0.273 e. The van der Waals surface area contributed by atoms with Gasteiger partial charge in [0, 0.05) is 23.9 Å². The van der Waals surface area contributed by atoms with Crippen molar-refractivity contribution in [2.24, 2.45) is 0 Å². The lowest BCUT2D eigenvalue weighted by molar-refractivity contribution is 0.0945. The summed E-state index contributed by atoms with van der Waals surface area (Å²) in [5, 5.41) is 6.76. The predicted molar refractivity (Wildman–Crippen MR) is 108 cm³/mol. The number of carbonyl (C=O) groups is 1. The van der Waals surface area contributed by atoms with Gasteiger partial charge < -0.3 is 15.6 Å². The first kappa shape index (κ1) is 18.7. The Morgan fingerprint density at radius 2 is 1.74 bits per heavy atom. The summed E-state index contributed by atoms with van der Waals surface area (Å²) in [6, 6.07) is 17.4. The summed E-state index contributed by atoms with van der Waals surface area (Å²) in [6.07, 6.45) is 0.727. The molecule has 0 saturated carbocycles. The Bertz CT molecular complexity index is 904. The van der Waals surface area contributed by atoms with Crippen molar-refractivity contribution in [3.8, 4) is 11.3 Å². The Morgan fingerprint density at radius 3 is 2.37 bits per heavy atom. The first-order valence-corrected chi connectivity index (χ1v) is 9.03. The zero-order valence-corrected chi connectivity index (χ0v) is 16.0. The summed E-state index contributed by atoms with van der Waals surface area (Å²) >= 11 is 0. The number of hydrogen-bond donors (Lipinski definition) is 2. The molecule has 3 N–H and O–H groups in total. The molecule has 5 nitrogen and oxygen atoms in total. The molecular formula is C22H25N3O2. The van der Waals surface area contributed by atoms with Gasteiger partial charge in [0.05, 0.1) is 0 Å². The van der Waals surface area contributed by atoms with Crippen LogP contribution >= 0.6 is 0 Å². The lowest BCUT2D eigenvalue weighted by Crippen LogP contribution is -2.25. The van der Waals surface area contributed by atoms with E-state index in [-0.39, 0.29) is 17.0 Å². The first-order chi connectivity index (χ1) is 12.8. The Labute approximate surface area is 159 Å². The van der Waals surface area contributed by atoms with Crippen LogP contribution in [0.4, 0.5) is 5.69 Å². The second-order valence-corrected chi connectivity index (χ2v) is 7.65. The number of benzene rings is 2. The van der Waals surface area contributed by atoms with E-state index in [1.807, 2.05) is 36.4 Å². The van der Waals surface area contributed by atoms with Crippen molar-refractivity contribution in [1.82, 2.24) is 10.5 Å². The molecule has 1 amide bonds. The van der Waals surface area contributed by atoms with Crippen molar-refractivity contribution in [3.05, 3.63) is 71.4 Å². The SMILES string of the molecule is CC(C)(C)c1ccc(-c2cc(C(=O)NCCc3ccc(N)cc3)no2)cc1. The van der Waals surface area contributed by atoms with Gasteiger partial charge >= 0.3 is 0 Å². The van der Waals surface area contributed by atoms with Gasteiger partial charge in [-0.1, -0.05) is 62.3 Å². The van der Waals surface area contributed by atoms with Gasteiger partial charge in [-0.2, -0.15) is 0 Å². The smallest absolute Gasteiger partial charge is 0.273 e. The maximum absolute atomic E-state index is 12.3. The molecular weight excluding hydrogens is 338 g/mol. The molecule has 5 heteroatoms. The molecule has 2 aromatic carbocycles. The number of nitrogens with two attached hydrogens (primary N) is 1. The number of nitrogens with zero attached hydrogens (tertiary/aromatic N) is 1. The second-order valence-electron chi connectivity index (χ2n) is 7.65. The number of anilines is 1. The van der Waals surface area contributed by atoms with Crippen LogP contribution in [-0.2, 0) is 11.8 Å². The van der Waals surface area contributed by atoms with Gasteiger partial charge in [0.25, 0.3) is 5.91 Å². The number of rotatable bonds is 5. The van der Waals surface area contributed by atoms with Gasteiger partial charge in [-0.3, -0.25) is 4.79 Å². The topological polar surface area (TPSA) is 81.2 Å².